The van der Waals surface area contributed by atoms with Gasteiger partial charge in [-0.1, -0.05) is 97.1 Å². The Bertz CT molecular complexity index is 2200. The summed E-state index contributed by atoms with van der Waals surface area (Å²) in [5.41, 5.74) is 1.87. The number of carbonyl (C=O) groups excluding carboxylic acids is 3. The second kappa shape index (κ2) is 14.3. The number of nitrogens with zero attached hydrogens (tertiary/aromatic N) is 5. The Morgan fingerprint density at radius 3 is 2.18 bits per heavy atom. The number of benzene rings is 4. The second-order valence-electron chi connectivity index (χ2n) is 14.2. The molecule has 6 atom stereocenters. The molecule has 12 heteroatoms. The minimum Gasteiger partial charge on any atom is -0.491 e. The number of hydrogen-bond acceptors (Lipinski definition) is 10. The van der Waals surface area contributed by atoms with Crippen LogP contribution in [-0.4, -0.2) is 88.1 Å². The molecule has 0 bridgehead atoms. The highest BCUT2D eigenvalue weighted by atomic mass is 16.6. The third-order valence-corrected chi connectivity index (χ3v) is 11.5. The minimum absolute atomic E-state index is 0.0114. The van der Waals surface area contributed by atoms with Crippen molar-refractivity contribution < 1.29 is 29.0 Å². The number of piperazine rings is 1. The summed E-state index contributed by atoms with van der Waals surface area (Å²) in [5.74, 6) is -1.44. The van der Waals surface area contributed by atoms with Crippen molar-refractivity contribution in [2.75, 3.05) is 49.6 Å². The van der Waals surface area contributed by atoms with Crippen molar-refractivity contribution in [3.05, 3.63) is 150 Å². The van der Waals surface area contributed by atoms with Crippen molar-refractivity contribution in [3.8, 4) is 5.75 Å². The second-order valence-corrected chi connectivity index (χ2v) is 14.2. The van der Waals surface area contributed by atoms with Crippen LogP contribution in [0.3, 0.4) is 0 Å². The molecule has 0 unspecified atom stereocenters. The number of para-hydroxylation sites is 2. The molecule has 9 rings (SSSR count). The summed E-state index contributed by atoms with van der Waals surface area (Å²) in [6.45, 7) is 1.41. The van der Waals surface area contributed by atoms with Gasteiger partial charge in [0.2, 0.25) is 17.8 Å². The van der Waals surface area contributed by atoms with E-state index >= 15 is 14.4 Å². The maximum atomic E-state index is 15.6. The Kier molecular flexibility index (Phi) is 8.99. The molecule has 3 fully saturated rings. The van der Waals surface area contributed by atoms with Gasteiger partial charge in [0.25, 0.3) is 0 Å². The van der Waals surface area contributed by atoms with Crippen LogP contribution in [0.5, 0.6) is 5.75 Å². The quantitative estimate of drug-likeness (QED) is 0.220. The Morgan fingerprint density at radius 2 is 1.45 bits per heavy atom. The average Bonchev–Trinajstić information content (AvgIpc) is 3.72. The van der Waals surface area contributed by atoms with Gasteiger partial charge in [0.1, 0.15) is 29.9 Å². The van der Waals surface area contributed by atoms with Crippen LogP contribution in [0.1, 0.15) is 40.4 Å². The van der Waals surface area contributed by atoms with Gasteiger partial charge in [-0.25, -0.2) is 9.97 Å². The first-order valence-electron chi connectivity index (χ1n) is 18.6. The topological polar surface area (TPSA) is 137 Å². The van der Waals surface area contributed by atoms with E-state index in [2.05, 4.69) is 20.2 Å². The van der Waals surface area contributed by atoms with Gasteiger partial charge in [0.15, 0.2) is 0 Å². The summed E-state index contributed by atoms with van der Waals surface area (Å²) < 4.78 is 12.7. The van der Waals surface area contributed by atoms with Gasteiger partial charge in [-0.05, 0) is 34.9 Å². The van der Waals surface area contributed by atoms with Crippen LogP contribution in [-0.2, 0) is 24.5 Å². The maximum Gasteiger partial charge on any atom is 0.324 e. The number of amides is 2. The first kappa shape index (κ1) is 34.6. The molecule has 4 aromatic carbocycles. The van der Waals surface area contributed by atoms with Crippen LogP contribution in [0, 0.1) is 5.92 Å². The molecule has 4 aliphatic heterocycles. The number of fused-ring (bicyclic) bond motifs is 3. The summed E-state index contributed by atoms with van der Waals surface area (Å²) in [6, 6.07) is 33.3. The predicted molar refractivity (Wildman–Crippen MR) is 203 cm³/mol. The maximum absolute atomic E-state index is 15.6. The molecule has 0 saturated carbocycles. The normalized spacial score (nSPS) is 25.9. The molecule has 4 aliphatic rings. The minimum atomic E-state index is -1.60. The summed E-state index contributed by atoms with van der Waals surface area (Å²) in [7, 11) is 0. The summed E-state index contributed by atoms with van der Waals surface area (Å²) in [5, 5.41) is 13.0. The van der Waals surface area contributed by atoms with Crippen LogP contribution >= 0.6 is 0 Å². The van der Waals surface area contributed by atoms with Gasteiger partial charge in [-0.2, -0.15) is 0 Å². The number of aliphatic hydroxyl groups excluding tert-OH is 1. The van der Waals surface area contributed by atoms with E-state index in [9.17, 15) is 5.11 Å². The molecule has 0 radical (unpaired) electrons. The Morgan fingerprint density at radius 1 is 0.800 bits per heavy atom. The SMILES string of the molecule is O=C1O[C@H](c2ccccc2)[C@H](c2ccccc2)N2[C@H]1[C@@H](C(=O)N1CCN(c3ncccn3)CC1)[C@]1(C(=O)Nc3ccccc31)[C@H]2c1ccccc1OCCO. The third kappa shape index (κ3) is 5.63. The Labute approximate surface area is 318 Å². The molecule has 5 heterocycles. The van der Waals surface area contributed by atoms with E-state index in [4.69, 9.17) is 9.47 Å². The molecular weight excluding hydrogens is 697 g/mol. The summed E-state index contributed by atoms with van der Waals surface area (Å²) >= 11 is 0. The molecule has 2 amide bonds. The van der Waals surface area contributed by atoms with Gasteiger partial charge < -0.3 is 29.7 Å². The molecule has 12 nitrogen and oxygen atoms in total. The van der Waals surface area contributed by atoms with Crippen molar-refractivity contribution in [1.29, 1.82) is 0 Å². The zero-order valence-electron chi connectivity index (χ0n) is 30.0. The van der Waals surface area contributed by atoms with E-state index in [-0.39, 0.29) is 25.0 Å². The number of rotatable bonds is 8. The van der Waals surface area contributed by atoms with Crippen LogP contribution in [0.25, 0.3) is 0 Å². The van der Waals surface area contributed by atoms with Crippen LogP contribution < -0.4 is 15.0 Å². The standard InChI is InChI=1S/C43H40N6O6/c50-26-27-54-33-19-10-7-16-30(33)38-43(31-17-8-9-18-32(31)46-41(43)53)34(39(51)47-22-24-48(25-23-47)42-44-20-11-21-45-42)36-40(52)55-37(29-14-5-2-6-15-29)35(49(36)38)28-12-3-1-4-13-28/h1-21,34-38,50H,22-27H2,(H,46,53)/t34-,35-,36-,37+,38+,43-/m0/s1. The van der Waals surface area contributed by atoms with Crippen molar-refractivity contribution in [2.45, 2.75) is 29.6 Å². The molecular formula is C43H40N6O6. The number of esters is 1. The predicted octanol–water partition coefficient (Wildman–Crippen LogP) is 4.47. The Balaban J connectivity index is 1.27. The molecule has 3 saturated heterocycles. The average molecular weight is 737 g/mol. The smallest absolute Gasteiger partial charge is 0.324 e. The number of aromatic nitrogens is 2. The lowest BCUT2D eigenvalue weighted by atomic mass is 9.65. The van der Waals surface area contributed by atoms with Crippen LogP contribution in [0.4, 0.5) is 11.6 Å². The summed E-state index contributed by atoms with van der Waals surface area (Å²) in [4.78, 5) is 60.6. The van der Waals surface area contributed by atoms with Crippen LogP contribution in [0.15, 0.2) is 128 Å². The molecule has 5 aromatic rings. The molecule has 0 aliphatic carbocycles. The number of aliphatic hydroxyl groups is 1. The first-order valence-corrected chi connectivity index (χ1v) is 18.6. The molecule has 1 spiro atoms. The van der Waals surface area contributed by atoms with E-state index in [1.54, 1.807) is 29.4 Å². The number of ether oxygens (including phenoxy) is 2. The first-order chi connectivity index (χ1) is 27.0. The third-order valence-electron chi connectivity index (χ3n) is 11.5. The van der Waals surface area contributed by atoms with Gasteiger partial charge in [-0.15, -0.1) is 0 Å². The Hall–Kier alpha value is -6.11. The van der Waals surface area contributed by atoms with Gasteiger partial charge in [0.05, 0.1) is 24.6 Å². The highest BCUT2D eigenvalue weighted by Crippen LogP contribution is 2.65. The highest BCUT2D eigenvalue weighted by molar-refractivity contribution is 6.12. The fourth-order valence-electron chi connectivity index (χ4n) is 9.27. The van der Waals surface area contributed by atoms with Crippen LogP contribution in [0.2, 0.25) is 0 Å². The lowest BCUT2D eigenvalue weighted by Crippen LogP contribution is -2.58. The fourth-order valence-corrected chi connectivity index (χ4v) is 9.27. The van der Waals surface area contributed by atoms with E-state index < -0.39 is 41.5 Å². The largest absolute Gasteiger partial charge is 0.491 e. The van der Waals surface area contributed by atoms with Crippen molar-refractivity contribution >= 4 is 29.4 Å². The van der Waals surface area contributed by atoms with E-state index in [0.29, 0.717) is 54.7 Å². The summed E-state index contributed by atoms with van der Waals surface area (Å²) in [6.07, 6.45) is 2.60. The molecule has 55 heavy (non-hydrogen) atoms. The lowest BCUT2D eigenvalue weighted by molar-refractivity contribution is -0.179. The lowest BCUT2D eigenvalue weighted by Gasteiger charge is -2.46. The number of carbonyl (C=O) groups is 3. The highest BCUT2D eigenvalue weighted by Gasteiger charge is 2.74. The molecule has 278 valence electrons. The number of cyclic esters (lactones) is 1. The van der Waals surface area contributed by atoms with Crippen molar-refractivity contribution in [1.82, 2.24) is 19.8 Å². The zero-order chi connectivity index (χ0) is 37.5. The number of nitrogens with one attached hydrogen (secondary N) is 1. The number of hydrogen-bond donors (Lipinski definition) is 2. The van der Waals surface area contributed by atoms with Gasteiger partial charge in [0, 0.05) is 49.8 Å². The van der Waals surface area contributed by atoms with E-state index in [1.165, 1.54) is 0 Å². The van der Waals surface area contributed by atoms with Gasteiger partial charge >= 0.3 is 5.97 Å². The van der Waals surface area contributed by atoms with Crippen molar-refractivity contribution in [2.24, 2.45) is 5.92 Å². The van der Waals surface area contributed by atoms with E-state index in [0.717, 1.165) is 11.1 Å². The molecule has 1 aromatic heterocycles. The number of anilines is 2. The monoisotopic (exact) mass is 736 g/mol. The van der Waals surface area contributed by atoms with Gasteiger partial charge in [-0.3, -0.25) is 19.3 Å². The zero-order valence-corrected chi connectivity index (χ0v) is 30.0. The van der Waals surface area contributed by atoms with E-state index in [1.807, 2.05) is 108 Å². The molecule has 2 N–H and O–H groups in total. The van der Waals surface area contributed by atoms with Crippen molar-refractivity contribution in [3.63, 3.8) is 0 Å². The number of morpholine rings is 1. The fraction of sp³-hybridized carbons (Fsp3) is 0.279.